The number of carbonyl (C=O) groups is 1. The van der Waals surface area contributed by atoms with E-state index in [9.17, 15) is 18.3 Å². The normalized spacial score (nSPS) is 16.7. The minimum atomic E-state index is -3.32. The summed E-state index contributed by atoms with van der Waals surface area (Å²) >= 11 is 0. The van der Waals surface area contributed by atoms with Gasteiger partial charge in [-0.3, -0.25) is 9.78 Å². The molecular weight excluding hydrogens is 450 g/mol. The molecule has 1 aromatic heterocycles. The van der Waals surface area contributed by atoms with Crippen LogP contribution in [0.3, 0.4) is 0 Å². The van der Waals surface area contributed by atoms with E-state index < -0.39 is 15.8 Å². The van der Waals surface area contributed by atoms with Gasteiger partial charge in [0.25, 0.3) is 0 Å². The van der Waals surface area contributed by atoms with Gasteiger partial charge in [0.05, 0.1) is 40.8 Å². The lowest BCUT2D eigenvalue weighted by molar-refractivity contribution is -0.117. The fourth-order valence-electron chi connectivity index (χ4n) is 4.24. The van der Waals surface area contributed by atoms with Crippen LogP contribution in [0.5, 0.6) is 0 Å². The first-order valence-electron chi connectivity index (χ1n) is 11.6. The number of aliphatic hydroxyl groups excluding tert-OH is 1. The predicted octanol–water partition coefficient (Wildman–Crippen LogP) is 3.75. The van der Waals surface area contributed by atoms with Crippen LogP contribution in [0, 0.1) is 0 Å². The number of aliphatic hydroxyl groups is 1. The van der Waals surface area contributed by atoms with Crippen molar-refractivity contribution in [3.05, 3.63) is 83.3 Å². The zero-order valence-electron chi connectivity index (χ0n) is 18.7. The Balaban J connectivity index is 1.49. The summed E-state index contributed by atoms with van der Waals surface area (Å²) in [6, 6.07) is 15.2. The maximum atomic E-state index is 13.4. The highest BCUT2D eigenvalue weighted by Gasteiger charge is 2.40. The largest absolute Gasteiger partial charge is 0.390 e. The van der Waals surface area contributed by atoms with Crippen LogP contribution in [-0.2, 0) is 27.7 Å². The summed E-state index contributed by atoms with van der Waals surface area (Å²) < 4.78 is 26.1. The fraction of sp³-hybridized carbons (Fsp3) is 0.346. The van der Waals surface area contributed by atoms with Crippen molar-refractivity contribution in [2.45, 2.75) is 60.7 Å². The molecule has 8 heteroatoms. The van der Waals surface area contributed by atoms with Gasteiger partial charge in [0.1, 0.15) is 0 Å². The smallest absolute Gasteiger partial charge is 0.233 e. The Morgan fingerprint density at radius 3 is 2.41 bits per heavy atom. The lowest BCUT2D eigenvalue weighted by Crippen LogP contribution is -2.24. The van der Waals surface area contributed by atoms with Gasteiger partial charge in [-0.1, -0.05) is 42.5 Å². The molecular formula is C26H27N3O4S. The van der Waals surface area contributed by atoms with Gasteiger partial charge in [0, 0.05) is 0 Å². The Kier molecular flexibility index (Phi) is 6.18. The highest BCUT2D eigenvalue weighted by atomic mass is 32.2. The molecule has 1 amide bonds. The molecule has 7 nitrogen and oxygen atoms in total. The number of hydrogen-bond donors (Lipinski definition) is 2. The number of anilines is 1. The topological polar surface area (TPSA) is 109 Å². The van der Waals surface area contributed by atoms with Crippen LogP contribution in [-0.4, -0.2) is 34.6 Å². The van der Waals surface area contributed by atoms with E-state index in [0.717, 1.165) is 42.4 Å². The highest BCUT2D eigenvalue weighted by molar-refractivity contribution is 7.92. The number of nitrogens with zero attached hydrogens (tertiary/aromatic N) is 2. The summed E-state index contributed by atoms with van der Waals surface area (Å²) in [4.78, 5) is 22.1. The first-order valence-corrected chi connectivity index (χ1v) is 13.1. The second kappa shape index (κ2) is 9.27. The molecule has 5 rings (SSSR count). The lowest BCUT2D eigenvalue weighted by Gasteiger charge is -2.20. The van der Waals surface area contributed by atoms with Gasteiger partial charge >= 0.3 is 0 Å². The van der Waals surface area contributed by atoms with E-state index in [1.54, 1.807) is 12.1 Å². The summed E-state index contributed by atoms with van der Waals surface area (Å²) in [6.45, 7) is -0.224. The Hall–Kier alpha value is -3.10. The minimum absolute atomic E-state index is 0.224. The van der Waals surface area contributed by atoms with Crippen molar-refractivity contribution >= 4 is 21.6 Å². The number of carbonyl (C=O) groups excluding carboxylic acids is 1. The van der Waals surface area contributed by atoms with Crippen LogP contribution in [0.4, 0.5) is 5.82 Å². The van der Waals surface area contributed by atoms with Crippen molar-refractivity contribution in [2.75, 3.05) is 5.32 Å². The van der Waals surface area contributed by atoms with Gasteiger partial charge in [-0.05, 0) is 60.8 Å². The number of aromatic nitrogens is 2. The first-order chi connectivity index (χ1) is 16.5. The van der Waals surface area contributed by atoms with Crippen LogP contribution in [0.15, 0.2) is 65.8 Å². The SMILES string of the molecule is O=C(Nc1cnc(CO)cn1)C(Cc1ccccc1)c1ccc(S(=O)(=O)C2CC2)c(C2CC2)c1. The molecule has 2 aliphatic carbocycles. The number of amides is 1. The molecule has 0 aliphatic heterocycles. The number of benzene rings is 2. The molecule has 0 saturated heterocycles. The minimum Gasteiger partial charge on any atom is -0.390 e. The van der Waals surface area contributed by atoms with Crippen LogP contribution in [0.1, 0.15) is 59.9 Å². The fourth-order valence-corrected chi connectivity index (χ4v) is 6.17. The van der Waals surface area contributed by atoms with E-state index in [-0.39, 0.29) is 23.7 Å². The van der Waals surface area contributed by atoms with Crippen molar-refractivity contribution in [3.63, 3.8) is 0 Å². The molecule has 0 bridgehead atoms. The van der Waals surface area contributed by atoms with Crippen LogP contribution < -0.4 is 5.32 Å². The molecule has 0 spiro atoms. The third kappa shape index (κ3) is 4.88. The summed E-state index contributed by atoms with van der Waals surface area (Å²) in [7, 11) is -3.32. The molecule has 2 saturated carbocycles. The van der Waals surface area contributed by atoms with Gasteiger partial charge in [0.15, 0.2) is 15.7 Å². The van der Waals surface area contributed by atoms with E-state index >= 15 is 0 Å². The number of nitrogens with one attached hydrogen (secondary N) is 1. The van der Waals surface area contributed by atoms with Crippen molar-refractivity contribution in [1.82, 2.24) is 9.97 Å². The van der Waals surface area contributed by atoms with Crippen LogP contribution in [0.25, 0.3) is 0 Å². The molecule has 2 aromatic carbocycles. The van der Waals surface area contributed by atoms with E-state index in [1.165, 1.54) is 12.4 Å². The third-order valence-corrected chi connectivity index (χ3v) is 8.77. The van der Waals surface area contributed by atoms with Gasteiger partial charge in [0.2, 0.25) is 5.91 Å². The molecule has 1 unspecified atom stereocenters. The lowest BCUT2D eigenvalue weighted by atomic mass is 9.89. The molecule has 1 heterocycles. The van der Waals surface area contributed by atoms with Gasteiger partial charge < -0.3 is 10.4 Å². The standard InChI is InChI=1S/C26H27N3O4S/c30-16-20-14-28-25(15-27-20)29-26(31)23(12-17-4-2-1-3-5-17)19-8-11-24(22(13-19)18-6-7-18)34(32,33)21-9-10-21/h1-5,8,11,13-15,18,21,23,30H,6-7,9-10,12,16H2,(H,28,29,31). The van der Waals surface area contributed by atoms with Crippen molar-refractivity contribution in [1.29, 1.82) is 0 Å². The first kappa shape index (κ1) is 22.7. The molecule has 1 atom stereocenters. The predicted molar refractivity (Wildman–Crippen MR) is 128 cm³/mol. The molecule has 2 N–H and O–H groups in total. The summed E-state index contributed by atoms with van der Waals surface area (Å²) in [5, 5.41) is 11.7. The molecule has 2 aliphatic rings. The molecule has 34 heavy (non-hydrogen) atoms. The Bertz CT molecular complexity index is 1290. The van der Waals surface area contributed by atoms with Crippen molar-refractivity contribution in [2.24, 2.45) is 0 Å². The van der Waals surface area contributed by atoms with Crippen LogP contribution in [0.2, 0.25) is 0 Å². The monoisotopic (exact) mass is 477 g/mol. The molecule has 3 aromatic rings. The molecule has 0 radical (unpaired) electrons. The van der Waals surface area contributed by atoms with Gasteiger partial charge in [-0.15, -0.1) is 0 Å². The summed E-state index contributed by atoms with van der Waals surface area (Å²) in [5.74, 6) is -0.234. The molecule has 2 fully saturated rings. The second-order valence-corrected chi connectivity index (χ2v) is 11.3. The Morgan fingerprint density at radius 2 is 1.79 bits per heavy atom. The zero-order chi connectivity index (χ0) is 23.7. The number of sulfone groups is 1. The Morgan fingerprint density at radius 1 is 1.03 bits per heavy atom. The average Bonchev–Trinajstić information content (AvgIpc) is 3.76. The Labute approximate surface area is 199 Å². The summed E-state index contributed by atoms with van der Waals surface area (Å²) in [5.41, 5.74) is 3.06. The quantitative estimate of drug-likeness (QED) is 0.486. The second-order valence-electron chi connectivity index (χ2n) is 9.10. The van der Waals surface area contributed by atoms with E-state index in [0.29, 0.717) is 22.8 Å². The van der Waals surface area contributed by atoms with Gasteiger partial charge in [-0.25, -0.2) is 13.4 Å². The highest BCUT2D eigenvalue weighted by Crippen LogP contribution is 2.46. The maximum Gasteiger partial charge on any atom is 0.233 e. The number of rotatable bonds is 9. The maximum absolute atomic E-state index is 13.4. The van der Waals surface area contributed by atoms with Crippen molar-refractivity contribution < 1.29 is 18.3 Å². The van der Waals surface area contributed by atoms with E-state index in [1.807, 2.05) is 36.4 Å². The molecule has 176 valence electrons. The zero-order valence-corrected chi connectivity index (χ0v) is 19.5. The van der Waals surface area contributed by atoms with Crippen molar-refractivity contribution in [3.8, 4) is 0 Å². The number of hydrogen-bond acceptors (Lipinski definition) is 6. The average molecular weight is 478 g/mol. The van der Waals surface area contributed by atoms with Gasteiger partial charge in [-0.2, -0.15) is 0 Å². The van der Waals surface area contributed by atoms with E-state index in [4.69, 9.17) is 0 Å². The van der Waals surface area contributed by atoms with Crippen LogP contribution >= 0.6 is 0 Å². The summed E-state index contributed by atoms with van der Waals surface area (Å²) in [6.07, 6.45) is 6.70. The van der Waals surface area contributed by atoms with E-state index in [2.05, 4.69) is 15.3 Å². The third-order valence-electron chi connectivity index (χ3n) is 6.44.